The fourth-order valence-electron chi connectivity index (χ4n) is 5.44. The molecule has 12 heteroatoms. The Morgan fingerprint density at radius 2 is 1.80 bits per heavy atom. The molecule has 2 aliphatic rings. The van der Waals surface area contributed by atoms with E-state index in [4.69, 9.17) is 9.47 Å². The van der Waals surface area contributed by atoms with Crippen molar-refractivity contribution in [1.82, 2.24) is 16.0 Å². The van der Waals surface area contributed by atoms with Crippen molar-refractivity contribution in [1.29, 1.82) is 0 Å². The molecule has 0 aliphatic carbocycles. The van der Waals surface area contributed by atoms with Crippen LogP contribution in [0, 0.1) is 5.92 Å². The number of nitrogens with one attached hydrogen (secondary N) is 4. The van der Waals surface area contributed by atoms with Gasteiger partial charge in [0.25, 0.3) is 0 Å². The van der Waals surface area contributed by atoms with E-state index in [9.17, 15) is 19.5 Å². The van der Waals surface area contributed by atoms with E-state index < -0.39 is 18.1 Å². The number of alkyl carbamates (subject to hydrolysis) is 1. The number of carbonyl (C=O) groups excluding carboxylic acids is 2. The number of carboxylic acid groups (broad SMARTS) is 1. The largest absolute Gasteiger partial charge is 0.495 e. The monoisotopic (exact) mass is 628 g/mol. The maximum atomic E-state index is 12.9. The molecule has 5 N–H and O–H groups in total. The van der Waals surface area contributed by atoms with Crippen LogP contribution < -0.4 is 30.9 Å². The van der Waals surface area contributed by atoms with Crippen molar-refractivity contribution in [3.8, 4) is 5.75 Å². The van der Waals surface area contributed by atoms with Gasteiger partial charge in [-0.1, -0.05) is 30.3 Å². The highest BCUT2D eigenvalue weighted by Gasteiger charge is 2.27. The number of benzene rings is 3. The summed E-state index contributed by atoms with van der Waals surface area (Å²) in [4.78, 5) is 43.5. The van der Waals surface area contributed by atoms with Gasteiger partial charge >= 0.3 is 12.1 Å². The number of hydrogen-bond donors (Lipinski definition) is 5. The normalized spacial score (nSPS) is 15.5. The zero-order valence-electron chi connectivity index (χ0n) is 25.8. The molecule has 0 radical (unpaired) electrons. The Morgan fingerprint density at radius 3 is 2.48 bits per heavy atom. The average Bonchev–Trinajstić information content (AvgIpc) is 3.10. The molecule has 2 aliphatic heterocycles. The van der Waals surface area contributed by atoms with Gasteiger partial charge in [-0.05, 0) is 67.3 Å². The molecular formula is C34H40N6O6. The van der Waals surface area contributed by atoms with Crippen molar-refractivity contribution < 1.29 is 29.0 Å². The van der Waals surface area contributed by atoms with E-state index in [2.05, 4.69) is 31.2 Å². The third-order valence-corrected chi connectivity index (χ3v) is 8.03. The number of rotatable bonds is 12. The Hall–Kier alpha value is -5.26. The van der Waals surface area contributed by atoms with Crippen molar-refractivity contribution in [3.63, 3.8) is 0 Å². The van der Waals surface area contributed by atoms with Gasteiger partial charge < -0.3 is 40.7 Å². The highest BCUT2D eigenvalue weighted by molar-refractivity contribution is 6.00. The van der Waals surface area contributed by atoms with Gasteiger partial charge in [-0.25, -0.2) is 9.59 Å². The summed E-state index contributed by atoms with van der Waals surface area (Å²) >= 11 is 0. The smallest absolute Gasteiger partial charge is 0.408 e. The van der Waals surface area contributed by atoms with Gasteiger partial charge in [-0.2, -0.15) is 0 Å². The molecule has 242 valence electrons. The fraction of sp³-hybridized carbons (Fsp3) is 0.353. The first-order valence-electron chi connectivity index (χ1n) is 15.5. The number of piperidine rings is 1. The zero-order valence-corrected chi connectivity index (χ0v) is 25.8. The summed E-state index contributed by atoms with van der Waals surface area (Å²) < 4.78 is 10.7. The molecule has 0 unspecified atom stereocenters. The number of ether oxygens (including phenoxy) is 2. The number of carboxylic acids is 1. The fourth-order valence-corrected chi connectivity index (χ4v) is 5.44. The van der Waals surface area contributed by atoms with Crippen molar-refractivity contribution in [2.24, 2.45) is 10.9 Å². The van der Waals surface area contributed by atoms with Crippen LogP contribution in [0.3, 0.4) is 0 Å². The minimum atomic E-state index is -1.31. The Kier molecular flexibility index (Phi) is 10.9. The third kappa shape index (κ3) is 8.68. The first-order valence-corrected chi connectivity index (χ1v) is 15.5. The predicted molar refractivity (Wildman–Crippen MR) is 176 cm³/mol. The lowest BCUT2D eigenvalue weighted by Crippen LogP contribution is -2.50. The molecular weight excluding hydrogens is 588 g/mol. The van der Waals surface area contributed by atoms with Crippen LogP contribution in [-0.2, 0) is 20.9 Å². The molecule has 0 saturated carbocycles. The van der Waals surface area contributed by atoms with Crippen LogP contribution in [0.2, 0.25) is 0 Å². The number of aliphatic carboxylic acids is 1. The SMILES string of the molecule is COc1ccc(C2=NCCCN2)cc1Nc1ccc(N2CCC(C(=O)NC[C@H](NC(=O)OCc3ccccc3)C(=O)O)CC2)cc1. The molecule has 1 atom stereocenters. The summed E-state index contributed by atoms with van der Waals surface area (Å²) in [6.07, 6.45) is 1.41. The number of nitrogens with zero attached hydrogens (tertiary/aromatic N) is 2. The van der Waals surface area contributed by atoms with Gasteiger partial charge in [0.2, 0.25) is 5.91 Å². The molecule has 3 aromatic rings. The van der Waals surface area contributed by atoms with Crippen molar-refractivity contribution in [3.05, 3.63) is 83.9 Å². The number of amides is 2. The topological polar surface area (TPSA) is 154 Å². The Balaban J connectivity index is 1.08. The van der Waals surface area contributed by atoms with Gasteiger partial charge in [-0.3, -0.25) is 9.79 Å². The van der Waals surface area contributed by atoms with E-state index in [-0.39, 0.29) is 25.0 Å². The number of anilines is 3. The molecule has 0 bridgehead atoms. The molecule has 5 rings (SSSR count). The lowest BCUT2D eigenvalue weighted by molar-refractivity contribution is -0.139. The standard InChI is InChI=1S/C34H40N6O6/c1-45-30-13-8-25(31-35-16-5-17-36-31)20-28(30)38-26-9-11-27(12-10-26)40-18-14-24(15-19-40)32(41)37-21-29(33(42)43)39-34(44)46-22-23-6-3-2-4-7-23/h2-4,6-13,20,24,29,38H,5,14-19,21-22H2,1H3,(H,35,36)(H,37,41)(H,39,44)(H,42,43)/t29-/m0/s1. The second-order valence-electron chi connectivity index (χ2n) is 11.2. The van der Waals surface area contributed by atoms with Crippen LogP contribution in [-0.4, -0.2) is 74.8 Å². The first kappa shape index (κ1) is 32.1. The summed E-state index contributed by atoms with van der Waals surface area (Å²) in [5.74, 6) is -0.110. The van der Waals surface area contributed by atoms with E-state index in [1.807, 2.05) is 60.7 Å². The van der Waals surface area contributed by atoms with Crippen LogP contribution in [0.5, 0.6) is 5.75 Å². The van der Waals surface area contributed by atoms with Crippen LogP contribution in [0.25, 0.3) is 0 Å². The minimum absolute atomic E-state index is 0.0141. The van der Waals surface area contributed by atoms with E-state index in [0.717, 1.165) is 59.3 Å². The molecule has 46 heavy (non-hydrogen) atoms. The van der Waals surface area contributed by atoms with Crippen LogP contribution in [0.4, 0.5) is 21.9 Å². The zero-order chi connectivity index (χ0) is 32.3. The summed E-state index contributed by atoms with van der Waals surface area (Å²) in [7, 11) is 1.65. The molecule has 3 aromatic carbocycles. The van der Waals surface area contributed by atoms with Gasteiger partial charge in [0, 0.05) is 55.6 Å². The molecule has 0 aromatic heterocycles. The Bertz CT molecular complexity index is 1520. The molecule has 2 amide bonds. The van der Waals surface area contributed by atoms with Gasteiger partial charge in [-0.15, -0.1) is 0 Å². The second-order valence-corrected chi connectivity index (χ2v) is 11.2. The van der Waals surface area contributed by atoms with Crippen LogP contribution in [0.15, 0.2) is 77.8 Å². The highest BCUT2D eigenvalue weighted by atomic mass is 16.5. The molecule has 1 fully saturated rings. The lowest BCUT2D eigenvalue weighted by Gasteiger charge is -2.33. The molecule has 1 saturated heterocycles. The molecule has 0 spiro atoms. The predicted octanol–water partition coefficient (Wildman–Crippen LogP) is 3.89. The first-order chi connectivity index (χ1) is 22.4. The summed E-state index contributed by atoms with van der Waals surface area (Å²) in [5, 5.41) is 21.4. The van der Waals surface area contributed by atoms with E-state index in [0.29, 0.717) is 25.9 Å². The Morgan fingerprint density at radius 1 is 1.04 bits per heavy atom. The number of carbonyl (C=O) groups is 3. The maximum Gasteiger partial charge on any atom is 0.408 e. The minimum Gasteiger partial charge on any atom is -0.495 e. The number of aliphatic imine (C=N–C) groups is 1. The quantitative estimate of drug-likeness (QED) is 0.201. The van der Waals surface area contributed by atoms with E-state index >= 15 is 0 Å². The molecule has 12 nitrogen and oxygen atoms in total. The lowest BCUT2D eigenvalue weighted by atomic mass is 9.95. The average molecular weight is 629 g/mol. The maximum absolute atomic E-state index is 12.9. The highest BCUT2D eigenvalue weighted by Crippen LogP contribution is 2.31. The van der Waals surface area contributed by atoms with Crippen molar-refractivity contribution in [2.45, 2.75) is 31.9 Å². The summed E-state index contributed by atoms with van der Waals surface area (Å²) in [5.41, 5.74) is 4.59. The van der Waals surface area contributed by atoms with Crippen LogP contribution in [0.1, 0.15) is 30.4 Å². The van der Waals surface area contributed by atoms with Crippen LogP contribution >= 0.6 is 0 Å². The molecule has 2 heterocycles. The summed E-state index contributed by atoms with van der Waals surface area (Å²) in [6, 6.07) is 21.9. The number of methoxy groups -OCH3 is 1. The van der Waals surface area contributed by atoms with Crippen molar-refractivity contribution >= 4 is 40.9 Å². The van der Waals surface area contributed by atoms with E-state index in [1.165, 1.54) is 0 Å². The van der Waals surface area contributed by atoms with E-state index in [1.54, 1.807) is 19.2 Å². The van der Waals surface area contributed by atoms with Crippen molar-refractivity contribution in [2.75, 3.05) is 50.1 Å². The third-order valence-electron chi connectivity index (χ3n) is 8.03. The second kappa shape index (κ2) is 15.6. The van der Waals surface area contributed by atoms with Gasteiger partial charge in [0.15, 0.2) is 0 Å². The number of hydrogen-bond acceptors (Lipinski definition) is 9. The summed E-state index contributed by atoms with van der Waals surface area (Å²) in [6.45, 7) is 2.87. The number of amidine groups is 1. The van der Waals surface area contributed by atoms with Gasteiger partial charge in [0.05, 0.1) is 12.8 Å². The Labute approximate surface area is 268 Å². The van der Waals surface area contributed by atoms with Gasteiger partial charge in [0.1, 0.15) is 24.2 Å².